The molecule has 0 spiro atoms. The summed E-state index contributed by atoms with van der Waals surface area (Å²) in [7, 11) is 0. The van der Waals surface area contributed by atoms with Gasteiger partial charge in [-0.1, -0.05) is 18.2 Å². The second-order valence-electron chi connectivity index (χ2n) is 4.77. The highest BCUT2D eigenvalue weighted by atomic mass is 32.1. The first kappa shape index (κ1) is 14.9. The third kappa shape index (κ3) is 4.00. The van der Waals surface area contributed by atoms with E-state index in [-0.39, 0.29) is 0 Å². The van der Waals surface area contributed by atoms with Gasteiger partial charge >= 0.3 is 0 Å². The van der Waals surface area contributed by atoms with Gasteiger partial charge in [-0.2, -0.15) is 16.6 Å². The summed E-state index contributed by atoms with van der Waals surface area (Å²) >= 11 is 1.57. The van der Waals surface area contributed by atoms with E-state index >= 15 is 0 Å². The van der Waals surface area contributed by atoms with Crippen LogP contribution in [0.3, 0.4) is 0 Å². The first-order valence-corrected chi connectivity index (χ1v) is 8.02. The highest BCUT2D eigenvalue weighted by molar-refractivity contribution is 7.08. The van der Waals surface area contributed by atoms with Crippen molar-refractivity contribution in [3.05, 3.63) is 83.2 Å². The molecule has 0 amide bonds. The molecule has 3 nitrogen and oxygen atoms in total. The van der Waals surface area contributed by atoms with Crippen LogP contribution in [0.25, 0.3) is 5.57 Å². The summed E-state index contributed by atoms with van der Waals surface area (Å²) in [6.45, 7) is 0. The van der Waals surface area contributed by atoms with Crippen molar-refractivity contribution in [3.8, 4) is 17.6 Å². The Kier molecular flexibility index (Phi) is 4.72. The maximum Gasteiger partial charge on any atom is 0.127 e. The molecule has 0 aliphatic rings. The van der Waals surface area contributed by atoms with Crippen molar-refractivity contribution in [2.24, 2.45) is 0 Å². The Bertz CT molecular complexity index is 816. The largest absolute Gasteiger partial charge is 0.457 e. The third-order valence-electron chi connectivity index (χ3n) is 3.17. The SMILES string of the molecule is N#C/C(=C/Nc1ccc(Oc2ccccc2)cc1)c1ccsc1. The molecule has 0 aliphatic carbocycles. The maximum atomic E-state index is 9.21. The predicted octanol–water partition coefficient (Wildman–Crippen LogP) is 5.52. The van der Waals surface area contributed by atoms with Gasteiger partial charge in [0.1, 0.15) is 17.6 Å². The van der Waals surface area contributed by atoms with Crippen LogP contribution in [0, 0.1) is 11.3 Å². The van der Waals surface area contributed by atoms with Crippen molar-refractivity contribution in [2.45, 2.75) is 0 Å². The Balaban J connectivity index is 1.67. The molecule has 0 radical (unpaired) electrons. The second kappa shape index (κ2) is 7.30. The number of anilines is 1. The van der Waals surface area contributed by atoms with E-state index in [4.69, 9.17) is 4.74 Å². The predicted molar refractivity (Wildman–Crippen MR) is 94.5 cm³/mol. The molecule has 0 saturated heterocycles. The Labute approximate surface area is 139 Å². The lowest BCUT2D eigenvalue weighted by Gasteiger charge is -2.07. The highest BCUT2D eigenvalue weighted by Crippen LogP contribution is 2.23. The average molecular weight is 318 g/mol. The van der Waals surface area contributed by atoms with Crippen molar-refractivity contribution < 1.29 is 4.74 Å². The average Bonchev–Trinajstić information content (AvgIpc) is 3.12. The van der Waals surface area contributed by atoms with E-state index in [9.17, 15) is 5.26 Å². The maximum absolute atomic E-state index is 9.21. The van der Waals surface area contributed by atoms with Gasteiger partial charge in [0.15, 0.2) is 0 Å². The molecule has 0 fully saturated rings. The van der Waals surface area contributed by atoms with E-state index in [0.717, 1.165) is 22.7 Å². The fourth-order valence-corrected chi connectivity index (χ4v) is 2.65. The first-order chi connectivity index (χ1) is 11.3. The van der Waals surface area contributed by atoms with E-state index in [2.05, 4.69) is 11.4 Å². The topological polar surface area (TPSA) is 45.0 Å². The first-order valence-electron chi connectivity index (χ1n) is 7.07. The van der Waals surface area contributed by atoms with Gasteiger partial charge in [-0.25, -0.2) is 0 Å². The van der Waals surface area contributed by atoms with Gasteiger partial charge in [-0.15, -0.1) is 0 Å². The molecule has 112 valence electrons. The smallest absolute Gasteiger partial charge is 0.127 e. The molecule has 2 aromatic carbocycles. The van der Waals surface area contributed by atoms with Gasteiger partial charge in [-0.3, -0.25) is 0 Å². The minimum absolute atomic E-state index is 0.607. The number of hydrogen-bond donors (Lipinski definition) is 1. The molecule has 23 heavy (non-hydrogen) atoms. The van der Waals surface area contributed by atoms with E-state index < -0.39 is 0 Å². The molecule has 0 bridgehead atoms. The second-order valence-corrected chi connectivity index (χ2v) is 5.55. The number of hydrogen-bond acceptors (Lipinski definition) is 4. The molecule has 0 aliphatic heterocycles. The van der Waals surface area contributed by atoms with Crippen molar-refractivity contribution in [2.75, 3.05) is 5.32 Å². The van der Waals surface area contributed by atoms with Crippen LogP contribution in [0.5, 0.6) is 11.5 Å². The van der Waals surface area contributed by atoms with Crippen LogP contribution in [-0.2, 0) is 0 Å². The molecule has 0 unspecified atom stereocenters. The summed E-state index contributed by atoms with van der Waals surface area (Å²) < 4.78 is 5.74. The van der Waals surface area contributed by atoms with E-state index in [1.807, 2.05) is 71.4 Å². The molecular formula is C19H14N2OS. The van der Waals surface area contributed by atoms with Crippen LogP contribution in [0.15, 0.2) is 77.6 Å². The number of nitrogens with one attached hydrogen (secondary N) is 1. The molecule has 0 atom stereocenters. The van der Waals surface area contributed by atoms with Crippen molar-refractivity contribution in [1.29, 1.82) is 5.26 Å². The molecule has 1 N–H and O–H groups in total. The number of allylic oxidation sites excluding steroid dienone is 1. The standard InChI is InChI=1S/C19H14N2OS/c20-12-16(15-10-11-23-14-15)13-21-17-6-8-19(9-7-17)22-18-4-2-1-3-5-18/h1-11,13-14,21H/b16-13-. The molecule has 4 heteroatoms. The zero-order valence-electron chi connectivity index (χ0n) is 12.3. The van der Waals surface area contributed by atoms with Crippen LogP contribution >= 0.6 is 11.3 Å². The summed E-state index contributed by atoms with van der Waals surface area (Å²) in [5.41, 5.74) is 2.43. The van der Waals surface area contributed by atoms with Crippen LogP contribution in [0.1, 0.15) is 5.56 Å². The van der Waals surface area contributed by atoms with E-state index in [1.54, 1.807) is 17.5 Å². The summed E-state index contributed by atoms with van der Waals surface area (Å²) in [5.74, 6) is 1.57. The third-order valence-corrected chi connectivity index (χ3v) is 3.85. The van der Waals surface area contributed by atoms with Crippen LogP contribution in [0.4, 0.5) is 5.69 Å². The summed E-state index contributed by atoms with van der Waals surface area (Å²) in [6, 6.07) is 21.4. The quantitative estimate of drug-likeness (QED) is 0.630. The Hall–Kier alpha value is -3.03. The molecule has 3 rings (SSSR count). The minimum Gasteiger partial charge on any atom is -0.457 e. The molecule has 1 aromatic heterocycles. The van der Waals surface area contributed by atoms with Gasteiger partial charge in [0.25, 0.3) is 0 Å². The summed E-state index contributed by atoms with van der Waals surface area (Å²) in [6.07, 6.45) is 1.72. The van der Waals surface area contributed by atoms with Gasteiger partial charge in [0.05, 0.1) is 5.57 Å². The van der Waals surface area contributed by atoms with Gasteiger partial charge in [0, 0.05) is 17.5 Å². The lowest BCUT2D eigenvalue weighted by Crippen LogP contribution is -1.90. The minimum atomic E-state index is 0.607. The zero-order valence-corrected chi connectivity index (χ0v) is 13.1. The zero-order chi connectivity index (χ0) is 15.9. The number of rotatable bonds is 5. The van der Waals surface area contributed by atoms with Crippen LogP contribution in [-0.4, -0.2) is 0 Å². The number of nitrogens with zero attached hydrogens (tertiary/aromatic N) is 1. The highest BCUT2D eigenvalue weighted by Gasteiger charge is 2.01. The molecule has 1 heterocycles. The lowest BCUT2D eigenvalue weighted by molar-refractivity contribution is 0.483. The molecule has 0 saturated carbocycles. The number of benzene rings is 2. The fraction of sp³-hybridized carbons (Fsp3) is 0. The van der Waals surface area contributed by atoms with Gasteiger partial charge < -0.3 is 10.1 Å². The fourth-order valence-electron chi connectivity index (χ4n) is 2.00. The number of thiophene rings is 1. The Morgan fingerprint density at radius 1 is 1.00 bits per heavy atom. The van der Waals surface area contributed by atoms with Crippen molar-refractivity contribution >= 4 is 22.6 Å². The van der Waals surface area contributed by atoms with Crippen LogP contribution in [0.2, 0.25) is 0 Å². The van der Waals surface area contributed by atoms with Crippen molar-refractivity contribution in [3.63, 3.8) is 0 Å². The normalized spacial score (nSPS) is 10.8. The van der Waals surface area contributed by atoms with E-state index in [0.29, 0.717) is 5.57 Å². The monoisotopic (exact) mass is 318 g/mol. The van der Waals surface area contributed by atoms with Crippen LogP contribution < -0.4 is 10.1 Å². The Morgan fingerprint density at radius 2 is 1.74 bits per heavy atom. The summed E-state index contributed by atoms with van der Waals surface area (Å²) in [4.78, 5) is 0. The molecule has 3 aromatic rings. The number of ether oxygens (including phenoxy) is 1. The van der Waals surface area contributed by atoms with Gasteiger partial charge in [0.2, 0.25) is 0 Å². The lowest BCUT2D eigenvalue weighted by atomic mass is 10.2. The Morgan fingerprint density at radius 3 is 2.39 bits per heavy atom. The number of para-hydroxylation sites is 1. The van der Waals surface area contributed by atoms with Gasteiger partial charge in [-0.05, 0) is 53.2 Å². The molecular weight excluding hydrogens is 304 g/mol. The van der Waals surface area contributed by atoms with Crippen molar-refractivity contribution in [1.82, 2.24) is 0 Å². The summed E-state index contributed by atoms with van der Waals surface area (Å²) in [5, 5.41) is 16.3. The van der Waals surface area contributed by atoms with E-state index in [1.165, 1.54) is 0 Å². The number of nitriles is 1.